The van der Waals surface area contributed by atoms with E-state index in [1.807, 2.05) is 0 Å². The fraction of sp³-hybridized carbons (Fsp3) is 0.529. The third kappa shape index (κ3) is 2.89. The molecule has 0 amide bonds. The number of H-pyrrole nitrogens is 1. The first-order valence-corrected chi connectivity index (χ1v) is 7.76. The standard InChI is InChI=1S/C17H25N3/c1-13(2)20-9-7-15(8-10-20)18-11-14-12-19-17-6-4-3-5-16(14)17/h3-6,12-13,15,18-19H,7-11H2,1-2H3. The summed E-state index contributed by atoms with van der Waals surface area (Å²) in [7, 11) is 0. The number of fused-ring (bicyclic) bond motifs is 1. The second-order valence-electron chi connectivity index (χ2n) is 6.14. The Bertz CT molecular complexity index is 550. The molecule has 0 unspecified atom stereocenters. The molecule has 1 aliphatic heterocycles. The van der Waals surface area contributed by atoms with E-state index in [1.165, 1.54) is 42.4 Å². The number of rotatable bonds is 4. The highest BCUT2D eigenvalue weighted by Crippen LogP contribution is 2.19. The zero-order chi connectivity index (χ0) is 13.9. The lowest BCUT2D eigenvalue weighted by molar-refractivity contribution is 0.161. The number of nitrogens with zero attached hydrogens (tertiary/aromatic N) is 1. The number of para-hydroxylation sites is 1. The van der Waals surface area contributed by atoms with E-state index in [2.05, 4.69) is 59.5 Å². The highest BCUT2D eigenvalue weighted by Gasteiger charge is 2.20. The number of piperidine rings is 1. The molecule has 1 fully saturated rings. The van der Waals surface area contributed by atoms with E-state index in [1.54, 1.807) is 0 Å². The molecule has 0 saturated carbocycles. The van der Waals surface area contributed by atoms with Gasteiger partial charge in [0.2, 0.25) is 0 Å². The third-order valence-corrected chi connectivity index (χ3v) is 4.52. The van der Waals surface area contributed by atoms with Gasteiger partial charge in [0.15, 0.2) is 0 Å². The minimum Gasteiger partial charge on any atom is -0.361 e. The fourth-order valence-electron chi connectivity index (χ4n) is 3.15. The van der Waals surface area contributed by atoms with Crippen molar-refractivity contribution in [2.24, 2.45) is 0 Å². The Kier molecular flexibility index (Phi) is 4.08. The number of hydrogen-bond acceptors (Lipinski definition) is 2. The van der Waals surface area contributed by atoms with Gasteiger partial charge in [-0.2, -0.15) is 0 Å². The van der Waals surface area contributed by atoms with Crippen molar-refractivity contribution < 1.29 is 0 Å². The molecule has 0 bridgehead atoms. The Morgan fingerprint density at radius 3 is 2.75 bits per heavy atom. The van der Waals surface area contributed by atoms with Gasteiger partial charge >= 0.3 is 0 Å². The molecule has 2 N–H and O–H groups in total. The van der Waals surface area contributed by atoms with Crippen molar-refractivity contribution in [1.29, 1.82) is 0 Å². The quantitative estimate of drug-likeness (QED) is 0.895. The summed E-state index contributed by atoms with van der Waals surface area (Å²) in [4.78, 5) is 5.92. The molecule has 3 nitrogen and oxygen atoms in total. The lowest BCUT2D eigenvalue weighted by Crippen LogP contribution is -2.44. The summed E-state index contributed by atoms with van der Waals surface area (Å²) < 4.78 is 0. The van der Waals surface area contributed by atoms with Crippen molar-refractivity contribution in [2.75, 3.05) is 13.1 Å². The molecule has 0 spiro atoms. The van der Waals surface area contributed by atoms with Crippen molar-refractivity contribution >= 4 is 10.9 Å². The predicted molar refractivity (Wildman–Crippen MR) is 84.9 cm³/mol. The SMILES string of the molecule is CC(C)N1CCC(NCc2c[nH]c3ccccc23)CC1. The van der Waals surface area contributed by atoms with Gasteiger partial charge in [0.05, 0.1) is 0 Å². The van der Waals surface area contributed by atoms with Gasteiger partial charge in [-0.25, -0.2) is 0 Å². The maximum atomic E-state index is 3.73. The van der Waals surface area contributed by atoms with Crippen LogP contribution >= 0.6 is 0 Å². The van der Waals surface area contributed by atoms with Crippen LogP contribution in [0, 0.1) is 0 Å². The Labute approximate surface area is 121 Å². The normalized spacial score (nSPS) is 18.1. The fourth-order valence-corrected chi connectivity index (χ4v) is 3.15. The number of benzene rings is 1. The Hall–Kier alpha value is -1.32. The molecule has 20 heavy (non-hydrogen) atoms. The molecule has 108 valence electrons. The molecule has 0 atom stereocenters. The van der Waals surface area contributed by atoms with Crippen LogP contribution in [0.1, 0.15) is 32.3 Å². The molecule has 0 aliphatic carbocycles. The Morgan fingerprint density at radius 2 is 2.00 bits per heavy atom. The van der Waals surface area contributed by atoms with Crippen molar-refractivity contribution in [2.45, 2.75) is 45.3 Å². The van der Waals surface area contributed by atoms with Gasteiger partial charge in [0.25, 0.3) is 0 Å². The second-order valence-corrected chi connectivity index (χ2v) is 6.14. The first-order valence-electron chi connectivity index (χ1n) is 7.76. The minimum atomic E-state index is 0.665. The van der Waals surface area contributed by atoms with Gasteiger partial charge in [0, 0.05) is 35.7 Å². The van der Waals surface area contributed by atoms with E-state index >= 15 is 0 Å². The van der Waals surface area contributed by atoms with E-state index in [0.717, 1.165) is 6.54 Å². The van der Waals surface area contributed by atoms with Crippen LogP contribution < -0.4 is 5.32 Å². The summed E-state index contributed by atoms with van der Waals surface area (Å²) in [6.07, 6.45) is 4.67. The first-order chi connectivity index (χ1) is 9.74. The first kappa shape index (κ1) is 13.7. The zero-order valence-corrected chi connectivity index (χ0v) is 12.5. The van der Waals surface area contributed by atoms with Crippen LogP contribution in [0.25, 0.3) is 10.9 Å². The van der Waals surface area contributed by atoms with Crippen LogP contribution in [0.4, 0.5) is 0 Å². The van der Waals surface area contributed by atoms with E-state index in [9.17, 15) is 0 Å². The second kappa shape index (κ2) is 5.98. The monoisotopic (exact) mass is 271 g/mol. The third-order valence-electron chi connectivity index (χ3n) is 4.52. The topological polar surface area (TPSA) is 31.1 Å². The number of hydrogen-bond donors (Lipinski definition) is 2. The number of likely N-dealkylation sites (tertiary alicyclic amines) is 1. The van der Waals surface area contributed by atoms with Crippen molar-refractivity contribution in [3.63, 3.8) is 0 Å². The van der Waals surface area contributed by atoms with Crippen LogP contribution in [-0.2, 0) is 6.54 Å². The minimum absolute atomic E-state index is 0.665. The molecule has 0 radical (unpaired) electrons. The van der Waals surface area contributed by atoms with Crippen molar-refractivity contribution in [1.82, 2.24) is 15.2 Å². The molecule has 3 heteroatoms. The summed E-state index contributed by atoms with van der Waals surface area (Å²) in [5, 5.41) is 5.08. The van der Waals surface area contributed by atoms with Crippen LogP contribution in [-0.4, -0.2) is 35.1 Å². The van der Waals surface area contributed by atoms with E-state index < -0.39 is 0 Å². The van der Waals surface area contributed by atoms with Crippen molar-refractivity contribution in [3.05, 3.63) is 36.0 Å². The van der Waals surface area contributed by atoms with Crippen LogP contribution in [0.3, 0.4) is 0 Å². The number of aromatic nitrogens is 1. The molecule has 1 aromatic heterocycles. The molecule has 1 aromatic carbocycles. The number of nitrogens with one attached hydrogen (secondary N) is 2. The molecule has 1 saturated heterocycles. The molecular weight excluding hydrogens is 246 g/mol. The summed E-state index contributed by atoms with van der Waals surface area (Å²) in [6.45, 7) is 8.00. The smallest absolute Gasteiger partial charge is 0.0457 e. The Morgan fingerprint density at radius 1 is 1.25 bits per heavy atom. The summed E-state index contributed by atoms with van der Waals surface area (Å²) in [6, 6.07) is 9.88. The van der Waals surface area contributed by atoms with E-state index in [4.69, 9.17) is 0 Å². The summed E-state index contributed by atoms with van der Waals surface area (Å²) in [5.74, 6) is 0. The Balaban J connectivity index is 1.55. The summed E-state index contributed by atoms with van der Waals surface area (Å²) in [5.41, 5.74) is 2.62. The van der Waals surface area contributed by atoms with Crippen LogP contribution in [0.5, 0.6) is 0 Å². The average Bonchev–Trinajstić information content (AvgIpc) is 2.89. The van der Waals surface area contributed by atoms with Crippen molar-refractivity contribution in [3.8, 4) is 0 Å². The summed E-state index contributed by atoms with van der Waals surface area (Å²) >= 11 is 0. The molecule has 3 rings (SSSR count). The highest BCUT2D eigenvalue weighted by atomic mass is 15.2. The van der Waals surface area contributed by atoms with Gasteiger partial charge < -0.3 is 15.2 Å². The molecule has 2 heterocycles. The lowest BCUT2D eigenvalue weighted by Gasteiger charge is -2.35. The lowest BCUT2D eigenvalue weighted by atomic mass is 10.0. The van der Waals surface area contributed by atoms with E-state index in [-0.39, 0.29) is 0 Å². The molecule has 1 aliphatic rings. The predicted octanol–water partition coefficient (Wildman–Crippen LogP) is 3.13. The van der Waals surface area contributed by atoms with Crippen LogP contribution in [0.2, 0.25) is 0 Å². The van der Waals surface area contributed by atoms with Gasteiger partial charge in [-0.05, 0) is 51.4 Å². The van der Waals surface area contributed by atoms with Gasteiger partial charge in [0.1, 0.15) is 0 Å². The van der Waals surface area contributed by atoms with Gasteiger partial charge in [-0.1, -0.05) is 18.2 Å². The van der Waals surface area contributed by atoms with Gasteiger partial charge in [-0.15, -0.1) is 0 Å². The molecule has 2 aromatic rings. The van der Waals surface area contributed by atoms with Crippen LogP contribution in [0.15, 0.2) is 30.5 Å². The maximum absolute atomic E-state index is 3.73. The largest absolute Gasteiger partial charge is 0.361 e. The van der Waals surface area contributed by atoms with E-state index in [0.29, 0.717) is 12.1 Å². The number of aromatic amines is 1. The maximum Gasteiger partial charge on any atom is 0.0457 e. The highest BCUT2D eigenvalue weighted by molar-refractivity contribution is 5.82. The zero-order valence-electron chi connectivity index (χ0n) is 12.5. The van der Waals surface area contributed by atoms with Gasteiger partial charge in [-0.3, -0.25) is 0 Å². The average molecular weight is 271 g/mol. The molecular formula is C17H25N3.